The molecule has 6 nitrogen and oxygen atoms in total. The van der Waals surface area contributed by atoms with Crippen molar-refractivity contribution < 1.29 is 9.59 Å². The lowest BCUT2D eigenvalue weighted by Crippen LogP contribution is -2.60. The van der Waals surface area contributed by atoms with Crippen LogP contribution >= 0.6 is 0 Å². The predicted molar refractivity (Wildman–Crippen MR) is 106 cm³/mol. The highest BCUT2D eigenvalue weighted by Gasteiger charge is 2.74. The topological polar surface area (TPSA) is 64.7 Å². The standard InChI is InChI=1S/C22H22N4O2/c1-25-17(27)11-21(13-7-3-5-9-15(13)23-19(21)25)22-12-18(28)26(2)20(22)24-16-10-6-4-8-14(16)22/h3-10,19-20,23-24H,11-12H2,1-2H3/t19-,20-,21+,22+/m0/s1. The van der Waals surface area contributed by atoms with E-state index in [0.717, 1.165) is 22.5 Å². The minimum Gasteiger partial charge on any atom is -0.364 e. The predicted octanol–water partition coefficient (Wildman–Crippen LogP) is 2.09. The first-order valence-corrected chi connectivity index (χ1v) is 9.74. The summed E-state index contributed by atoms with van der Waals surface area (Å²) in [6.07, 6.45) is 0.441. The molecule has 4 aliphatic heterocycles. The van der Waals surface area contributed by atoms with Crippen LogP contribution in [-0.4, -0.2) is 48.0 Å². The van der Waals surface area contributed by atoms with E-state index < -0.39 is 10.8 Å². The Bertz CT molecular complexity index is 969. The van der Waals surface area contributed by atoms with Gasteiger partial charge in [-0.05, 0) is 23.3 Å². The third kappa shape index (κ3) is 1.50. The Morgan fingerprint density at radius 1 is 0.750 bits per heavy atom. The zero-order valence-corrected chi connectivity index (χ0v) is 15.9. The van der Waals surface area contributed by atoms with Crippen molar-refractivity contribution in [2.45, 2.75) is 36.0 Å². The molecule has 28 heavy (non-hydrogen) atoms. The molecule has 0 bridgehead atoms. The number of carbonyl (C=O) groups is 2. The van der Waals surface area contributed by atoms with E-state index >= 15 is 0 Å². The summed E-state index contributed by atoms with van der Waals surface area (Å²) in [7, 11) is 3.74. The number of hydrogen-bond donors (Lipinski definition) is 2. The number of nitrogens with zero attached hydrogens (tertiary/aromatic N) is 2. The minimum atomic E-state index is -0.514. The molecule has 0 aromatic heterocycles. The van der Waals surface area contributed by atoms with Crippen molar-refractivity contribution in [2.24, 2.45) is 0 Å². The molecule has 2 saturated heterocycles. The van der Waals surface area contributed by atoms with Crippen LogP contribution in [0.15, 0.2) is 48.5 Å². The van der Waals surface area contributed by atoms with E-state index in [2.05, 4.69) is 34.9 Å². The summed E-state index contributed by atoms with van der Waals surface area (Å²) < 4.78 is 0. The van der Waals surface area contributed by atoms with Crippen molar-refractivity contribution in [3.8, 4) is 0 Å². The highest BCUT2D eigenvalue weighted by molar-refractivity contribution is 5.92. The number of likely N-dealkylation sites (tertiary alicyclic amines) is 2. The van der Waals surface area contributed by atoms with Crippen LogP contribution < -0.4 is 10.6 Å². The second kappa shape index (κ2) is 4.87. The zero-order chi connectivity index (χ0) is 19.3. The van der Waals surface area contributed by atoms with Gasteiger partial charge in [-0.2, -0.15) is 0 Å². The van der Waals surface area contributed by atoms with Crippen molar-refractivity contribution in [3.63, 3.8) is 0 Å². The van der Waals surface area contributed by atoms with E-state index in [1.807, 2.05) is 48.2 Å². The number of rotatable bonds is 1. The average molecular weight is 374 g/mol. The highest BCUT2D eigenvalue weighted by atomic mass is 16.2. The molecule has 2 aromatic rings. The number of likely N-dealkylation sites (N-methyl/N-ethyl adjacent to an activating group) is 2. The van der Waals surface area contributed by atoms with Gasteiger partial charge in [-0.3, -0.25) is 9.59 Å². The van der Waals surface area contributed by atoms with Crippen molar-refractivity contribution in [3.05, 3.63) is 59.7 Å². The summed E-state index contributed by atoms with van der Waals surface area (Å²) in [5.41, 5.74) is 3.38. The third-order valence-corrected chi connectivity index (χ3v) is 7.55. The molecule has 2 fully saturated rings. The average Bonchev–Trinajstić information content (AvgIpc) is 3.36. The molecule has 2 N–H and O–H groups in total. The Morgan fingerprint density at radius 3 is 1.57 bits per heavy atom. The molecule has 2 aromatic carbocycles. The second-order valence-corrected chi connectivity index (χ2v) is 8.49. The lowest BCUT2D eigenvalue weighted by atomic mass is 9.55. The van der Waals surface area contributed by atoms with Gasteiger partial charge in [-0.15, -0.1) is 0 Å². The van der Waals surface area contributed by atoms with E-state index in [1.165, 1.54) is 0 Å². The molecule has 0 saturated carbocycles. The highest BCUT2D eigenvalue weighted by Crippen LogP contribution is 2.66. The van der Waals surface area contributed by atoms with Gasteiger partial charge in [0.05, 0.1) is 10.8 Å². The maximum Gasteiger partial charge on any atom is 0.225 e. The second-order valence-electron chi connectivity index (χ2n) is 8.49. The van der Waals surface area contributed by atoms with Crippen LogP contribution in [0.2, 0.25) is 0 Å². The van der Waals surface area contributed by atoms with Crippen molar-refractivity contribution in [2.75, 3.05) is 24.7 Å². The fraction of sp³-hybridized carbons (Fsp3) is 0.364. The van der Waals surface area contributed by atoms with Crippen LogP contribution in [0.3, 0.4) is 0 Å². The van der Waals surface area contributed by atoms with E-state index in [1.54, 1.807) is 0 Å². The van der Waals surface area contributed by atoms with Gasteiger partial charge in [0.2, 0.25) is 11.8 Å². The first-order valence-electron chi connectivity index (χ1n) is 9.74. The van der Waals surface area contributed by atoms with Crippen LogP contribution in [0.5, 0.6) is 0 Å². The van der Waals surface area contributed by atoms with E-state index in [0.29, 0.717) is 12.8 Å². The molecule has 0 unspecified atom stereocenters. The molecule has 2 amide bonds. The van der Waals surface area contributed by atoms with Crippen LogP contribution in [-0.2, 0) is 20.4 Å². The molecular formula is C22H22N4O2. The first-order chi connectivity index (χ1) is 13.5. The van der Waals surface area contributed by atoms with Gasteiger partial charge in [0.1, 0.15) is 12.3 Å². The number of benzene rings is 2. The van der Waals surface area contributed by atoms with Crippen LogP contribution in [0.25, 0.3) is 0 Å². The molecule has 4 aliphatic rings. The molecule has 6 rings (SSSR count). The summed E-state index contributed by atoms with van der Waals surface area (Å²) in [4.78, 5) is 29.6. The zero-order valence-electron chi connectivity index (χ0n) is 15.9. The lowest BCUT2D eigenvalue weighted by Gasteiger charge is -2.47. The summed E-state index contributed by atoms with van der Waals surface area (Å²) in [5.74, 6) is 0.234. The maximum absolute atomic E-state index is 13.0. The maximum atomic E-state index is 13.0. The molecule has 0 spiro atoms. The number of nitrogens with one attached hydrogen (secondary N) is 2. The Morgan fingerprint density at radius 2 is 1.14 bits per heavy atom. The summed E-state index contributed by atoms with van der Waals surface area (Å²) in [6.45, 7) is 0. The van der Waals surface area contributed by atoms with Crippen LogP contribution in [0.4, 0.5) is 11.4 Å². The van der Waals surface area contributed by atoms with Gasteiger partial charge in [-0.1, -0.05) is 36.4 Å². The third-order valence-electron chi connectivity index (χ3n) is 7.55. The van der Waals surface area contributed by atoms with Gasteiger partial charge in [0.15, 0.2) is 0 Å². The molecular weight excluding hydrogens is 352 g/mol. The van der Waals surface area contributed by atoms with E-state index in [-0.39, 0.29) is 24.1 Å². The van der Waals surface area contributed by atoms with Crippen molar-refractivity contribution >= 4 is 23.2 Å². The lowest BCUT2D eigenvalue weighted by molar-refractivity contribution is -0.128. The summed E-state index contributed by atoms with van der Waals surface area (Å²) in [6, 6.07) is 16.5. The Kier molecular flexibility index (Phi) is 2.78. The number of fused-ring (bicyclic) bond motifs is 7. The Hall–Kier alpha value is -3.02. The quantitative estimate of drug-likeness (QED) is 0.802. The minimum absolute atomic E-state index is 0.117. The molecule has 4 heterocycles. The largest absolute Gasteiger partial charge is 0.364 e. The molecule has 142 valence electrons. The molecule has 0 radical (unpaired) electrons. The van der Waals surface area contributed by atoms with E-state index in [9.17, 15) is 9.59 Å². The number of amides is 2. The summed E-state index contributed by atoms with van der Waals surface area (Å²) >= 11 is 0. The van der Waals surface area contributed by atoms with Crippen LogP contribution in [0, 0.1) is 0 Å². The van der Waals surface area contributed by atoms with Gasteiger partial charge < -0.3 is 20.4 Å². The van der Waals surface area contributed by atoms with Gasteiger partial charge >= 0.3 is 0 Å². The number of anilines is 2. The Labute approximate surface area is 163 Å². The van der Waals surface area contributed by atoms with Gasteiger partial charge in [0.25, 0.3) is 0 Å². The number of para-hydroxylation sites is 2. The molecule has 0 aliphatic carbocycles. The monoisotopic (exact) mass is 374 g/mol. The first kappa shape index (κ1) is 16.0. The van der Waals surface area contributed by atoms with Gasteiger partial charge in [-0.25, -0.2) is 0 Å². The molecule has 4 atom stereocenters. The van der Waals surface area contributed by atoms with E-state index in [4.69, 9.17) is 0 Å². The normalized spacial score (nSPS) is 34.6. The SMILES string of the molecule is CN1C(=O)C[C@@]2([C@@]34CC(=O)N(C)[C@@H]3Nc3ccccc34)c3ccccc3N[C@@H]12. The fourth-order valence-corrected chi connectivity index (χ4v) is 6.37. The van der Waals surface area contributed by atoms with Crippen molar-refractivity contribution in [1.29, 1.82) is 0 Å². The smallest absolute Gasteiger partial charge is 0.225 e. The summed E-state index contributed by atoms with van der Waals surface area (Å²) in [5, 5.41) is 7.22. The van der Waals surface area contributed by atoms with Crippen molar-refractivity contribution in [1.82, 2.24) is 9.80 Å². The fourth-order valence-electron chi connectivity index (χ4n) is 6.37. The van der Waals surface area contributed by atoms with Gasteiger partial charge in [0, 0.05) is 38.3 Å². The molecule has 6 heteroatoms. The Balaban J connectivity index is 1.71. The van der Waals surface area contributed by atoms with Crippen LogP contribution in [0.1, 0.15) is 24.0 Å². The number of carbonyl (C=O) groups excluding carboxylic acids is 2. The number of hydrogen-bond acceptors (Lipinski definition) is 4.